The molecule has 1 unspecified atom stereocenters. The van der Waals surface area contributed by atoms with Gasteiger partial charge in [0.2, 0.25) is 0 Å². The highest BCUT2D eigenvalue weighted by molar-refractivity contribution is 5.44. The molecule has 0 spiro atoms. The van der Waals surface area contributed by atoms with Crippen LogP contribution in [0.2, 0.25) is 0 Å². The molecule has 1 aromatic rings. The lowest BCUT2D eigenvalue weighted by Crippen LogP contribution is -2.30. The number of hydrogen-bond donors (Lipinski definition) is 2. The second kappa shape index (κ2) is 5.65. The lowest BCUT2D eigenvalue weighted by molar-refractivity contribution is 0.147. The third-order valence-electron chi connectivity index (χ3n) is 3.51. The van der Waals surface area contributed by atoms with Gasteiger partial charge in [0, 0.05) is 0 Å². The highest BCUT2D eigenvalue weighted by Gasteiger charge is 2.20. The summed E-state index contributed by atoms with van der Waals surface area (Å²) in [5.74, 6) is 0.207. The van der Waals surface area contributed by atoms with Crippen LogP contribution in [0.5, 0.6) is 5.75 Å². The number of aromatic hydroxyl groups is 1. The minimum absolute atomic E-state index is 0.221. The van der Waals surface area contributed by atoms with E-state index in [4.69, 9.17) is 0 Å². The van der Waals surface area contributed by atoms with Crippen LogP contribution in [-0.2, 0) is 6.42 Å². The Morgan fingerprint density at radius 2 is 2.22 bits per heavy atom. The average molecular weight is 255 g/mol. The predicted molar refractivity (Wildman–Crippen MR) is 67.1 cm³/mol. The van der Waals surface area contributed by atoms with Gasteiger partial charge < -0.3 is 10.4 Å². The third-order valence-corrected chi connectivity index (χ3v) is 3.51. The van der Waals surface area contributed by atoms with Gasteiger partial charge in [-0.2, -0.15) is 0 Å². The number of halogens is 2. The van der Waals surface area contributed by atoms with Crippen molar-refractivity contribution in [2.75, 3.05) is 13.1 Å². The fourth-order valence-corrected chi connectivity index (χ4v) is 2.62. The number of nitrogens with one attached hydrogen (secondary N) is 1. The summed E-state index contributed by atoms with van der Waals surface area (Å²) >= 11 is 0. The zero-order valence-corrected chi connectivity index (χ0v) is 10.5. The van der Waals surface area contributed by atoms with Crippen LogP contribution in [0.3, 0.4) is 0 Å². The van der Waals surface area contributed by atoms with E-state index in [0.29, 0.717) is 17.9 Å². The third kappa shape index (κ3) is 2.99. The van der Waals surface area contributed by atoms with Gasteiger partial charge in [-0.15, -0.1) is 0 Å². The highest BCUT2D eigenvalue weighted by atomic mass is 19.3. The first-order valence-electron chi connectivity index (χ1n) is 6.39. The zero-order chi connectivity index (χ0) is 13.1. The van der Waals surface area contributed by atoms with Crippen molar-refractivity contribution < 1.29 is 13.9 Å². The van der Waals surface area contributed by atoms with Crippen LogP contribution in [-0.4, -0.2) is 18.2 Å². The minimum Gasteiger partial charge on any atom is -0.507 e. The molecule has 0 saturated carbocycles. The van der Waals surface area contributed by atoms with Crippen molar-refractivity contribution >= 4 is 0 Å². The van der Waals surface area contributed by atoms with Gasteiger partial charge in [-0.3, -0.25) is 0 Å². The van der Waals surface area contributed by atoms with Crippen LogP contribution in [0.4, 0.5) is 8.78 Å². The molecule has 1 aliphatic heterocycles. The first kappa shape index (κ1) is 13.3. The largest absolute Gasteiger partial charge is 0.507 e. The van der Waals surface area contributed by atoms with Crippen molar-refractivity contribution in [2.45, 2.75) is 32.6 Å². The summed E-state index contributed by atoms with van der Waals surface area (Å²) in [5, 5.41) is 13.2. The van der Waals surface area contributed by atoms with E-state index < -0.39 is 6.43 Å². The monoisotopic (exact) mass is 255 g/mol. The van der Waals surface area contributed by atoms with Crippen molar-refractivity contribution in [2.24, 2.45) is 5.92 Å². The Morgan fingerprint density at radius 1 is 1.44 bits per heavy atom. The minimum atomic E-state index is -2.62. The van der Waals surface area contributed by atoms with Gasteiger partial charge in [-0.1, -0.05) is 11.6 Å². The van der Waals surface area contributed by atoms with E-state index in [9.17, 15) is 13.9 Å². The molecule has 1 aliphatic rings. The fraction of sp³-hybridized carbons (Fsp3) is 0.571. The van der Waals surface area contributed by atoms with Crippen molar-refractivity contribution in [3.05, 3.63) is 28.8 Å². The van der Waals surface area contributed by atoms with Crippen LogP contribution in [0.15, 0.2) is 12.1 Å². The Hall–Kier alpha value is -1.16. The second-order valence-electron chi connectivity index (χ2n) is 5.08. The molecule has 0 radical (unpaired) electrons. The van der Waals surface area contributed by atoms with Gasteiger partial charge in [-0.05, 0) is 56.8 Å². The molecule has 1 atom stereocenters. The molecule has 18 heavy (non-hydrogen) atoms. The highest BCUT2D eigenvalue weighted by Crippen LogP contribution is 2.34. The van der Waals surface area contributed by atoms with Crippen molar-refractivity contribution in [3.8, 4) is 5.75 Å². The van der Waals surface area contributed by atoms with Crippen LogP contribution in [0.1, 0.15) is 36.0 Å². The molecule has 0 amide bonds. The molecule has 0 aromatic heterocycles. The summed E-state index contributed by atoms with van der Waals surface area (Å²) in [7, 11) is 0. The standard InChI is InChI=1S/C14H19F2NO/c1-9-5-11(7-10-3-2-4-17-8-10)13(18)12(6-9)14(15)16/h5-6,10,14,17-18H,2-4,7-8H2,1H3. The van der Waals surface area contributed by atoms with Crippen molar-refractivity contribution in [1.29, 1.82) is 0 Å². The lowest BCUT2D eigenvalue weighted by atomic mass is 9.90. The van der Waals surface area contributed by atoms with E-state index in [1.54, 1.807) is 6.92 Å². The summed E-state index contributed by atoms with van der Waals surface area (Å²) in [6.45, 7) is 3.71. The van der Waals surface area contributed by atoms with Crippen LogP contribution in [0.25, 0.3) is 0 Å². The van der Waals surface area contributed by atoms with Crippen LogP contribution >= 0.6 is 0 Å². The number of aryl methyl sites for hydroxylation is 1. The van der Waals surface area contributed by atoms with E-state index in [2.05, 4.69) is 5.32 Å². The number of phenols is 1. The first-order valence-corrected chi connectivity index (χ1v) is 6.39. The van der Waals surface area contributed by atoms with Gasteiger partial charge in [0.25, 0.3) is 6.43 Å². The zero-order valence-electron chi connectivity index (χ0n) is 10.5. The molecule has 2 rings (SSSR count). The molecule has 1 saturated heterocycles. The Morgan fingerprint density at radius 3 is 2.83 bits per heavy atom. The average Bonchev–Trinajstić information content (AvgIpc) is 2.34. The number of hydrogen-bond acceptors (Lipinski definition) is 2. The Bertz CT molecular complexity index is 415. The summed E-state index contributed by atoms with van der Waals surface area (Å²) in [6.07, 6.45) is 0.247. The molecular weight excluding hydrogens is 236 g/mol. The molecule has 2 N–H and O–H groups in total. The molecule has 0 bridgehead atoms. The summed E-state index contributed by atoms with van der Waals surface area (Å²) in [6, 6.07) is 3.18. The van der Waals surface area contributed by atoms with Crippen molar-refractivity contribution in [3.63, 3.8) is 0 Å². The second-order valence-corrected chi connectivity index (χ2v) is 5.08. The predicted octanol–water partition coefficient (Wildman–Crippen LogP) is 3.18. The quantitative estimate of drug-likeness (QED) is 0.869. The SMILES string of the molecule is Cc1cc(CC2CCCNC2)c(O)c(C(F)F)c1. The number of alkyl halides is 2. The Kier molecular flexibility index (Phi) is 4.17. The normalized spacial score (nSPS) is 20.3. The molecule has 1 heterocycles. The van der Waals surface area contributed by atoms with Crippen LogP contribution in [0, 0.1) is 12.8 Å². The molecule has 2 nitrogen and oxygen atoms in total. The molecule has 0 aliphatic carbocycles. The fourth-order valence-electron chi connectivity index (χ4n) is 2.62. The summed E-state index contributed by atoms with van der Waals surface area (Å²) < 4.78 is 25.6. The van der Waals surface area contributed by atoms with Gasteiger partial charge in [0.1, 0.15) is 5.75 Å². The topological polar surface area (TPSA) is 32.3 Å². The number of rotatable bonds is 3. The molecule has 4 heteroatoms. The van der Waals surface area contributed by atoms with Crippen molar-refractivity contribution in [1.82, 2.24) is 5.32 Å². The maximum atomic E-state index is 12.8. The Balaban J connectivity index is 2.21. The van der Waals surface area contributed by atoms with E-state index in [-0.39, 0.29) is 11.3 Å². The Labute approximate surface area is 106 Å². The van der Waals surface area contributed by atoms with E-state index in [1.165, 1.54) is 6.07 Å². The van der Waals surface area contributed by atoms with E-state index in [0.717, 1.165) is 31.5 Å². The number of benzene rings is 1. The maximum absolute atomic E-state index is 12.8. The molecule has 1 aromatic carbocycles. The molecule has 1 fully saturated rings. The summed E-state index contributed by atoms with van der Waals surface area (Å²) in [4.78, 5) is 0. The number of piperidine rings is 1. The maximum Gasteiger partial charge on any atom is 0.267 e. The van der Waals surface area contributed by atoms with Crippen LogP contribution < -0.4 is 5.32 Å². The molecular formula is C14H19F2NO. The lowest BCUT2D eigenvalue weighted by Gasteiger charge is -2.23. The van der Waals surface area contributed by atoms with Gasteiger partial charge >= 0.3 is 0 Å². The summed E-state index contributed by atoms with van der Waals surface area (Å²) in [5.41, 5.74) is 1.19. The van der Waals surface area contributed by atoms with Gasteiger partial charge in [0.05, 0.1) is 5.56 Å². The van der Waals surface area contributed by atoms with E-state index >= 15 is 0 Å². The van der Waals surface area contributed by atoms with Gasteiger partial charge in [-0.25, -0.2) is 8.78 Å². The number of phenolic OH excluding ortho intramolecular Hbond substituents is 1. The smallest absolute Gasteiger partial charge is 0.267 e. The van der Waals surface area contributed by atoms with Gasteiger partial charge in [0.15, 0.2) is 0 Å². The molecule has 100 valence electrons. The van der Waals surface area contributed by atoms with E-state index in [1.807, 2.05) is 6.07 Å². The first-order chi connectivity index (χ1) is 8.58.